The number of hydrogen-bond acceptors (Lipinski definition) is 3. The molecule has 0 aliphatic carbocycles. The SMILES string of the molecule is C=Cc1nc2c3c(ccnc3c1C=C)-c1ccccc1N2. The third-order valence-electron chi connectivity index (χ3n) is 3.82. The average molecular weight is 271 g/mol. The van der Waals surface area contributed by atoms with Gasteiger partial charge in [-0.3, -0.25) is 4.98 Å². The zero-order chi connectivity index (χ0) is 14.4. The van der Waals surface area contributed by atoms with Gasteiger partial charge in [-0.25, -0.2) is 4.98 Å². The Morgan fingerprint density at radius 3 is 2.67 bits per heavy atom. The molecule has 3 nitrogen and oxygen atoms in total. The second kappa shape index (κ2) is 4.28. The molecule has 2 aromatic heterocycles. The van der Waals surface area contributed by atoms with Crippen molar-refractivity contribution in [2.75, 3.05) is 5.32 Å². The molecule has 1 aliphatic rings. The lowest BCUT2D eigenvalue weighted by atomic mass is 9.95. The van der Waals surface area contributed by atoms with Crippen molar-refractivity contribution in [3.63, 3.8) is 0 Å². The molecular weight excluding hydrogens is 258 g/mol. The van der Waals surface area contributed by atoms with Crippen LogP contribution in [0.1, 0.15) is 11.3 Å². The molecule has 0 saturated carbocycles. The van der Waals surface area contributed by atoms with E-state index in [-0.39, 0.29) is 0 Å². The molecule has 1 aliphatic heterocycles. The maximum absolute atomic E-state index is 4.68. The first kappa shape index (κ1) is 11.9. The summed E-state index contributed by atoms with van der Waals surface area (Å²) in [6.07, 6.45) is 5.37. The van der Waals surface area contributed by atoms with Gasteiger partial charge in [0.2, 0.25) is 0 Å². The van der Waals surface area contributed by atoms with Crippen LogP contribution < -0.4 is 5.32 Å². The lowest BCUT2D eigenvalue weighted by Crippen LogP contribution is -2.06. The highest BCUT2D eigenvalue weighted by atomic mass is 15.0. The largest absolute Gasteiger partial charge is 0.339 e. The Kier molecular flexibility index (Phi) is 2.42. The van der Waals surface area contributed by atoms with Crippen LogP contribution in [0.25, 0.3) is 34.2 Å². The second-order valence-corrected chi connectivity index (χ2v) is 4.92. The summed E-state index contributed by atoms with van der Waals surface area (Å²) in [4.78, 5) is 9.22. The van der Waals surface area contributed by atoms with Gasteiger partial charge in [-0.1, -0.05) is 37.4 Å². The van der Waals surface area contributed by atoms with Crippen molar-refractivity contribution in [2.24, 2.45) is 0 Å². The highest BCUT2D eigenvalue weighted by Crippen LogP contribution is 2.43. The van der Waals surface area contributed by atoms with E-state index in [0.29, 0.717) is 0 Å². The topological polar surface area (TPSA) is 37.8 Å². The van der Waals surface area contributed by atoms with Gasteiger partial charge in [0.15, 0.2) is 0 Å². The molecule has 21 heavy (non-hydrogen) atoms. The Hall–Kier alpha value is -2.94. The van der Waals surface area contributed by atoms with Gasteiger partial charge in [0, 0.05) is 23.0 Å². The molecule has 3 aromatic rings. The molecule has 1 N–H and O–H groups in total. The van der Waals surface area contributed by atoms with E-state index < -0.39 is 0 Å². The van der Waals surface area contributed by atoms with Gasteiger partial charge in [0.1, 0.15) is 5.82 Å². The van der Waals surface area contributed by atoms with Crippen molar-refractivity contribution < 1.29 is 0 Å². The standard InChI is InChI=1S/C18H13N3/c1-3-11-14(4-2)20-18-16-13(9-10-19-17(11)16)12-7-5-6-8-15(12)21-18/h3-10H,1-2H2,(H,20,21). The molecule has 0 atom stereocenters. The van der Waals surface area contributed by atoms with Crippen LogP contribution in [0.2, 0.25) is 0 Å². The van der Waals surface area contributed by atoms with E-state index in [1.807, 2.05) is 24.4 Å². The number of para-hydroxylation sites is 1. The van der Waals surface area contributed by atoms with Crippen LogP contribution in [0.15, 0.2) is 49.7 Å². The summed E-state index contributed by atoms with van der Waals surface area (Å²) in [6.45, 7) is 7.73. The molecule has 4 rings (SSSR count). The van der Waals surface area contributed by atoms with Crippen molar-refractivity contribution in [1.29, 1.82) is 0 Å². The Bertz CT molecular complexity index is 910. The number of nitrogens with zero attached hydrogens (tertiary/aromatic N) is 2. The van der Waals surface area contributed by atoms with Gasteiger partial charge in [-0.2, -0.15) is 0 Å². The number of rotatable bonds is 2. The van der Waals surface area contributed by atoms with Crippen LogP contribution in [-0.2, 0) is 0 Å². The van der Waals surface area contributed by atoms with Gasteiger partial charge in [-0.05, 0) is 23.8 Å². The van der Waals surface area contributed by atoms with Crippen LogP contribution in [0.3, 0.4) is 0 Å². The number of pyridine rings is 2. The molecule has 0 bridgehead atoms. The molecule has 0 radical (unpaired) electrons. The Morgan fingerprint density at radius 2 is 1.86 bits per heavy atom. The van der Waals surface area contributed by atoms with E-state index in [1.54, 1.807) is 12.2 Å². The lowest BCUT2D eigenvalue weighted by Gasteiger charge is -2.22. The predicted molar refractivity (Wildman–Crippen MR) is 88.4 cm³/mol. The Labute approximate surface area is 122 Å². The minimum atomic E-state index is 0.795. The second-order valence-electron chi connectivity index (χ2n) is 4.92. The smallest absolute Gasteiger partial charge is 0.141 e. The predicted octanol–water partition coefficient (Wildman–Crippen LogP) is 4.64. The number of fused-ring (bicyclic) bond motifs is 2. The van der Waals surface area contributed by atoms with E-state index in [1.165, 1.54) is 5.56 Å². The number of benzene rings is 1. The third kappa shape index (κ3) is 1.54. The van der Waals surface area contributed by atoms with Crippen LogP contribution in [0.5, 0.6) is 0 Å². The first-order valence-corrected chi connectivity index (χ1v) is 6.77. The number of nitrogens with one attached hydrogen (secondary N) is 1. The molecule has 0 fully saturated rings. The van der Waals surface area contributed by atoms with Crippen molar-refractivity contribution in [3.8, 4) is 11.1 Å². The van der Waals surface area contributed by atoms with Crippen molar-refractivity contribution in [1.82, 2.24) is 9.97 Å². The highest BCUT2D eigenvalue weighted by molar-refractivity contribution is 6.11. The fourth-order valence-electron chi connectivity index (χ4n) is 2.89. The van der Waals surface area contributed by atoms with Crippen LogP contribution >= 0.6 is 0 Å². The minimum Gasteiger partial charge on any atom is -0.339 e. The van der Waals surface area contributed by atoms with Gasteiger partial charge >= 0.3 is 0 Å². The molecule has 1 aromatic carbocycles. The average Bonchev–Trinajstić information content (AvgIpc) is 2.54. The molecule has 100 valence electrons. The lowest BCUT2D eigenvalue weighted by molar-refractivity contribution is 1.27. The molecule has 3 heteroatoms. The van der Waals surface area contributed by atoms with E-state index in [9.17, 15) is 0 Å². The number of aromatic nitrogens is 2. The summed E-state index contributed by atoms with van der Waals surface area (Å²) in [7, 11) is 0. The van der Waals surface area contributed by atoms with Gasteiger partial charge in [-0.15, -0.1) is 0 Å². The van der Waals surface area contributed by atoms with E-state index >= 15 is 0 Å². The highest BCUT2D eigenvalue weighted by Gasteiger charge is 2.21. The molecule has 0 saturated heterocycles. The fraction of sp³-hybridized carbons (Fsp3) is 0. The summed E-state index contributed by atoms with van der Waals surface area (Å²) < 4.78 is 0. The quantitative estimate of drug-likeness (QED) is 0.577. The van der Waals surface area contributed by atoms with Crippen LogP contribution in [0.4, 0.5) is 11.5 Å². The number of hydrogen-bond donors (Lipinski definition) is 1. The molecular formula is C18H13N3. The van der Waals surface area contributed by atoms with E-state index in [0.717, 1.165) is 39.2 Å². The monoisotopic (exact) mass is 271 g/mol. The minimum absolute atomic E-state index is 0.795. The van der Waals surface area contributed by atoms with Gasteiger partial charge in [0.25, 0.3) is 0 Å². The summed E-state index contributed by atoms with van der Waals surface area (Å²) >= 11 is 0. The Morgan fingerprint density at radius 1 is 1.00 bits per heavy atom. The van der Waals surface area contributed by atoms with Crippen molar-refractivity contribution >= 4 is 34.6 Å². The zero-order valence-corrected chi connectivity index (χ0v) is 11.4. The van der Waals surface area contributed by atoms with E-state index in [4.69, 9.17) is 0 Å². The fourth-order valence-corrected chi connectivity index (χ4v) is 2.89. The third-order valence-corrected chi connectivity index (χ3v) is 3.82. The van der Waals surface area contributed by atoms with Crippen molar-refractivity contribution in [3.05, 3.63) is 60.9 Å². The van der Waals surface area contributed by atoms with Gasteiger partial charge in [0.05, 0.1) is 16.6 Å². The summed E-state index contributed by atoms with van der Waals surface area (Å²) in [6, 6.07) is 10.3. The maximum Gasteiger partial charge on any atom is 0.141 e. The molecule has 0 spiro atoms. The van der Waals surface area contributed by atoms with E-state index in [2.05, 4.69) is 40.6 Å². The van der Waals surface area contributed by atoms with Crippen LogP contribution in [-0.4, -0.2) is 9.97 Å². The number of anilines is 2. The maximum atomic E-state index is 4.68. The zero-order valence-electron chi connectivity index (χ0n) is 11.4. The molecule has 0 amide bonds. The van der Waals surface area contributed by atoms with Crippen LogP contribution in [0, 0.1) is 0 Å². The van der Waals surface area contributed by atoms with Crippen molar-refractivity contribution in [2.45, 2.75) is 0 Å². The summed E-state index contributed by atoms with van der Waals surface area (Å²) in [5.74, 6) is 0.826. The normalized spacial score (nSPS) is 11.6. The molecule has 0 unspecified atom stereocenters. The Balaban J connectivity index is 2.21. The summed E-state index contributed by atoms with van der Waals surface area (Å²) in [5.41, 5.74) is 6.00. The molecule has 3 heterocycles. The summed E-state index contributed by atoms with van der Waals surface area (Å²) in [5, 5.41) is 4.44. The first-order valence-electron chi connectivity index (χ1n) is 6.77. The first-order chi connectivity index (χ1) is 10.3. The van der Waals surface area contributed by atoms with Gasteiger partial charge < -0.3 is 5.32 Å².